The van der Waals surface area contributed by atoms with Crippen molar-refractivity contribution in [3.63, 3.8) is 0 Å². The lowest BCUT2D eigenvalue weighted by atomic mass is 10.1. The van der Waals surface area contributed by atoms with E-state index in [9.17, 15) is 9.59 Å². The zero-order chi connectivity index (χ0) is 14.4. The summed E-state index contributed by atoms with van der Waals surface area (Å²) in [5, 5.41) is 11.2. The summed E-state index contributed by atoms with van der Waals surface area (Å²) in [7, 11) is 0. The maximum atomic E-state index is 11.5. The van der Waals surface area contributed by atoms with Crippen LogP contribution in [0.2, 0.25) is 0 Å². The van der Waals surface area contributed by atoms with E-state index >= 15 is 0 Å². The summed E-state index contributed by atoms with van der Waals surface area (Å²) in [6, 6.07) is 12.9. The highest BCUT2D eigenvalue weighted by atomic mass is 16.4. The number of pyridine rings is 1. The van der Waals surface area contributed by atoms with Crippen molar-refractivity contribution in [2.24, 2.45) is 0 Å². The molecule has 2 aromatic rings. The van der Waals surface area contributed by atoms with E-state index in [4.69, 9.17) is 5.11 Å². The van der Waals surface area contributed by atoms with Crippen molar-refractivity contribution in [2.75, 3.05) is 5.32 Å². The van der Waals surface area contributed by atoms with Gasteiger partial charge >= 0.3 is 5.97 Å². The lowest BCUT2D eigenvalue weighted by molar-refractivity contribution is -0.138. The molecule has 0 unspecified atom stereocenters. The molecule has 1 heterocycles. The number of aromatic nitrogens is 1. The van der Waals surface area contributed by atoms with Gasteiger partial charge in [-0.3, -0.25) is 14.6 Å². The van der Waals surface area contributed by atoms with Crippen molar-refractivity contribution in [2.45, 2.75) is 12.8 Å². The van der Waals surface area contributed by atoms with E-state index < -0.39 is 5.97 Å². The molecule has 1 amide bonds. The number of hydrogen-bond acceptors (Lipinski definition) is 3. The highest BCUT2D eigenvalue weighted by molar-refractivity contribution is 5.92. The van der Waals surface area contributed by atoms with Gasteiger partial charge in [0.25, 0.3) is 0 Å². The van der Waals surface area contributed by atoms with Crippen molar-refractivity contribution >= 4 is 17.6 Å². The molecule has 5 heteroatoms. The second-order valence-corrected chi connectivity index (χ2v) is 4.23. The Hall–Kier alpha value is -2.69. The number of hydrogen-bond donors (Lipinski definition) is 2. The second kappa shape index (κ2) is 6.47. The average molecular weight is 270 g/mol. The Labute approximate surface area is 116 Å². The number of aliphatic carboxylic acids is 1. The molecule has 1 aromatic carbocycles. The third-order valence-electron chi connectivity index (χ3n) is 2.70. The van der Waals surface area contributed by atoms with Gasteiger partial charge in [-0.2, -0.15) is 0 Å². The molecule has 102 valence electrons. The molecule has 0 saturated heterocycles. The first-order valence-electron chi connectivity index (χ1n) is 6.18. The Balaban J connectivity index is 1.98. The smallest absolute Gasteiger partial charge is 0.303 e. The number of benzene rings is 1. The van der Waals surface area contributed by atoms with Crippen LogP contribution < -0.4 is 5.32 Å². The molecule has 0 aliphatic carbocycles. The van der Waals surface area contributed by atoms with Crippen molar-refractivity contribution in [1.82, 2.24) is 4.98 Å². The largest absolute Gasteiger partial charge is 0.481 e. The van der Waals surface area contributed by atoms with Crippen molar-refractivity contribution in [1.29, 1.82) is 0 Å². The van der Waals surface area contributed by atoms with E-state index in [0.717, 1.165) is 11.3 Å². The normalized spacial score (nSPS) is 10.0. The topological polar surface area (TPSA) is 79.3 Å². The predicted octanol–water partition coefficient (Wildman–Crippen LogP) is 2.55. The number of anilines is 1. The fraction of sp³-hybridized carbons (Fsp3) is 0.133. The number of carbonyl (C=O) groups excluding carboxylic acids is 1. The van der Waals surface area contributed by atoms with Crippen molar-refractivity contribution in [3.05, 3.63) is 48.7 Å². The molecule has 20 heavy (non-hydrogen) atoms. The van der Waals surface area contributed by atoms with Gasteiger partial charge in [0, 0.05) is 23.9 Å². The minimum atomic E-state index is -0.981. The number of rotatable bonds is 5. The molecule has 0 atom stereocenters. The van der Waals surface area contributed by atoms with Crippen molar-refractivity contribution in [3.8, 4) is 11.3 Å². The van der Waals surface area contributed by atoms with Crippen LogP contribution in [0.3, 0.4) is 0 Å². The molecular weight excluding hydrogens is 256 g/mol. The summed E-state index contributed by atoms with van der Waals surface area (Å²) in [5.74, 6) is -1.29. The fourth-order valence-corrected chi connectivity index (χ4v) is 1.70. The second-order valence-electron chi connectivity index (χ2n) is 4.23. The van der Waals surface area contributed by atoms with Gasteiger partial charge in [0.15, 0.2) is 0 Å². The van der Waals surface area contributed by atoms with Gasteiger partial charge in [-0.05, 0) is 24.3 Å². The first kappa shape index (κ1) is 13.7. The Bertz CT molecular complexity index is 594. The van der Waals surface area contributed by atoms with Gasteiger partial charge in [0.1, 0.15) is 0 Å². The van der Waals surface area contributed by atoms with Crippen LogP contribution in [0.1, 0.15) is 12.8 Å². The van der Waals surface area contributed by atoms with Gasteiger partial charge in [-0.15, -0.1) is 0 Å². The van der Waals surface area contributed by atoms with Gasteiger partial charge in [-0.25, -0.2) is 0 Å². The summed E-state index contributed by atoms with van der Waals surface area (Å²) in [5.41, 5.74) is 2.45. The third kappa shape index (κ3) is 3.91. The van der Waals surface area contributed by atoms with Gasteiger partial charge in [0.05, 0.1) is 12.1 Å². The molecule has 5 nitrogen and oxygen atoms in total. The summed E-state index contributed by atoms with van der Waals surface area (Å²) >= 11 is 0. The van der Waals surface area contributed by atoms with E-state index in [1.807, 2.05) is 30.3 Å². The summed E-state index contributed by atoms with van der Waals surface area (Å²) in [6.07, 6.45) is 1.52. The lowest BCUT2D eigenvalue weighted by Crippen LogP contribution is -2.13. The molecule has 0 bridgehead atoms. The fourth-order valence-electron chi connectivity index (χ4n) is 1.70. The van der Waals surface area contributed by atoms with Crippen LogP contribution in [0.5, 0.6) is 0 Å². The third-order valence-corrected chi connectivity index (χ3v) is 2.70. The van der Waals surface area contributed by atoms with E-state index in [-0.39, 0.29) is 18.7 Å². The highest BCUT2D eigenvalue weighted by Gasteiger charge is 2.06. The number of carbonyl (C=O) groups is 2. The maximum absolute atomic E-state index is 11.5. The van der Waals surface area contributed by atoms with Crippen LogP contribution in [0.25, 0.3) is 11.3 Å². The number of carboxylic acid groups (broad SMARTS) is 1. The Morgan fingerprint density at radius 1 is 1.05 bits per heavy atom. The molecule has 0 spiro atoms. The lowest BCUT2D eigenvalue weighted by Gasteiger charge is -2.05. The Kier molecular flexibility index (Phi) is 4.44. The molecule has 1 aromatic heterocycles. The number of nitrogens with one attached hydrogen (secondary N) is 1. The molecule has 0 aliphatic rings. The van der Waals surface area contributed by atoms with Crippen LogP contribution in [0.4, 0.5) is 5.69 Å². The summed E-state index contributed by atoms with van der Waals surface area (Å²) in [4.78, 5) is 26.1. The van der Waals surface area contributed by atoms with E-state index in [1.165, 1.54) is 0 Å². The average Bonchev–Trinajstić information content (AvgIpc) is 2.47. The predicted molar refractivity (Wildman–Crippen MR) is 75.2 cm³/mol. The summed E-state index contributed by atoms with van der Waals surface area (Å²) in [6.45, 7) is 0. The Morgan fingerprint density at radius 2 is 1.80 bits per heavy atom. The first-order chi connectivity index (χ1) is 9.65. The number of carboxylic acids is 1. The standard InChI is InChI=1S/C15H14N2O3/c18-14(8-9-15(19)20)17-12-6-4-11(5-7-12)13-3-1-2-10-16-13/h1-7,10H,8-9H2,(H,17,18)(H,19,20). The molecule has 2 rings (SSSR count). The molecule has 0 aliphatic heterocycles. The van der Waals surface area contributed by atoms with Gasteiger partial charge in [-0.1, -0.05) is 18.2 Å². The van der Waals surface area contributed by atoms with Gasteiger partial charge in [0.2, 0.25) is 5.91 Å². The van der Waals surface area contributed by atoms with Gasteiger partial charge < -0.3 is 10.4 Å². The van der Waals surface area contributed by atoms with Crippen LogP contribution >= 0.6 is 0 Å². The minimum Gasteiger partial charge on any atom is -0.481 e. The molecule has 0 radical (unpaired) electrons. The van der Waals surface area contributed by atoms with Crippen LogP contribution in [0, 0.1) is 0 Å². The van der Waals surface area contributed by atoms with E-state index in [1.54, 1.807) is 18.3 Å². The first-order valence-corrected chi connectivity index (χ1v) is 6.18. The maximum Gasteiger partial charge on any atom is 0.303 e. The van der Waals surface area contributed by atoms with Crippen LogP contribution in [-0.4, -0.2) is 22.0 Å². The number of nitrogens with zero attached hydrogens (tertiary/aromatic N) is 1. The molecular formula is C15H14N2O3. The van der Waals surface area contributed by atoms with Crippen molar-refractivity contribution < 1.29 is 14.7 Å². The Morgan fingerprint density at radius 3 is 2.40 bits per heavy atom. The molecule has 0 saturated carbocycles. The zero-order valence-electron chi connectivity index (χ0n) is 10.7. The SMILES string of the molecule is O=C(O)CCC(=O)Nc1ccc(-c2ccccn2)cc1. The quantitative estimate of drug-likeness (QED) is 0.875. The monoisotopic (exact) mass is 270 g/mol. The molecule has 0 fully saturated rings. The van der Waals surface area contributed by atoms with Crippen LogP contribution in [0.15, 0.2) is 48.7 Å². The zero-order valence-corrected chi connectivity index (χ0v) is 10.7. The van der Waals surface area contributed by atoms with E-state index in [0.29, 0.717) is 5.69 Å². The summed E-state index contributed by atoms with van der Waals surface area (Å²) < 4.78 is 0. The van der Waals surface area contributed by atoms with Crippen LogP contribution in [-0.2, 0) is 9.59 Å². The minimum absolute atomic E-state index is 0.0304. The highest BCUT2D eigenvalue weighted by Crippen LogP contribution is 2.19. The number of amides is 1. The van der Waals surface area contributed by atoms with E-state index in [2.05, 4.69) is 10.3 Å². The molecule has 2 N–H and O–H groups in total.